The first-order valence-corrected chi connectivity index (χ1v) is 11.5. The molecule has 0 aromatic heterocycles. The Hall–Kier alpha value is -0.980. The van der Waals surface area contributed by atoms with E-state index < -0.39 is 24.0 Å². The maximum absolute atomic E-state index is 12.7. The molecule has 2 aliphatic carbocycles. The van der Waals surface area contributed by atoms with Crippen molar-refractivity contribution in [2.24, 2.45) is 23.3 Å². The molecule has 2 saturated carbocycles. The van der Waals surface area contributed by atoms with Crippen molar-refractivity contribution in [3.8, 4) is 0 Å². The van der Waals surface area contributed by atoms with Crippen LogP contribution in [0.5, 0.6) is 0 Å². The fraction of sp³-hybridized carbons (Fsp3) is 0.909. The summed E-state index contributed by atoms with van der Waals surface area (Å²) in [6.07, 6.45) is 13.9. The van der Waals surface area contributed by atoms with E-state index in [0.717, 1.165) is 13.1 Å². The van der Waals surface area contributed by atoms with Crippen LogP contribution in [0.4, 0.5) is 0 Å². The van der Waals surface area contributed by atoms with Crippen LogP contribution in [-0.2, 0) is 14.3 Å². The Bertz CT molecular complexity index is 454. The number of carbonyl (C=O) groups is 2. The lowest BCUT2D eigenvalue weighted by atomic mass is 9.86. The Kier molecular flexibility index (Phi) is 10.4. The first-order chi connectivity index (χ1) is 13.5. The van der Waals surface area contributed by atoms with Crippen molar-refractivity contribution in [3.05, 3.63) is 0 Å². The first kappa shape index (κ1) is 23.3. The van der Waals surface area contributed by atoms with Crippen LogP contribution in [0, 0.1) is 11.8 Å². The third-order valence-corrected chi connectivity index (χ3v) is 6.55. The molecule has 2 aliphatic rings. The van der Waals surface area contributed by atoms with Crippen molar-refractivity contribution < 1.29 is 14.3 Å². The maximum Gasteiger partial charge on any atom is 0.330 e. The van der Waals surface area contributed by atoms with Crippen molar-refractivity contribution in [2.75, 3.05) is 19.6 Å². The first-order valence-electron chi connectivity index (χ1n) is 11.5. The molecule has 0 spiro atoms. The van der Waals surface area contributed by atoms with E-state index in [0.29, 0.717) is 31.2 Å². The van der Waals surface area contributed by atoms with Crippen LogP contribution < -0.4 is 11.5 Å². The van der Waals surface area contributed by atoms with Crippen LogP contribution in [0.2, 0.25) is 0 Å². The lowest BCUT2D eigenvalue weighted by Crippen LogP contribution is -2.47. The number of hydrogen-bond acceptors (Lipinski definition) is 6. The molecule has 0 aliphatic heterocycles. The van der Waals surface area contributed by atoms with Gasteiger partial charge in [-0.1, -0.05) is 38.5 Å². The Morgan fingerprint density at radius 2 is 1.43 bits per heavy atom. The highest BCUT2D eigenvalue weighted by Crippen LogP contribution is 2.28. The predicted octanol–water partition coefficient (Wildman–Crippen LogP) is 2.97. The number of ether oxygens (including phenoxy) is 1. The Labute approximate surface area is 170 Å². The highest BCUT2D eigenvalue weighted by Gasteiger charge is 2.30. The van der Waals surface area contributed by atoms with Crippen molar-refractivity contribution >= 4 is 11.9 Å². The summed E-state index contributed by atoms with van der Waals surface area (Å²) >= 11 is 0. The van der Waals surface area contributed by atoms with Crippen molar-refractivity contribution in [1.82, 2.24) is 4.90 Å². The van der Waals surface area contributed by atoms with Gasteiger partial charge in [0.2, 0.25) is 0 Å². The molecule has 0 bridgehead atoms. The van der Waals surface area contributed by atoms with Crippen LogP contribution in [0.15, 0.2) is 0 Å². The van der Waals surface area contributed by atoms with Crippen LogP contribution in [0.3, 0.4) is 0 Å². The monoisotopic (exact) mass is 395 g/mol. The van der Waals surface area contributed by atoms with Gasteiger partial charge in [0.05, 0.1) is 0 Å². The van der Waals surface area contributed by atoms with Gasteiger partial charge in [-0.3, -0.25) is 4.90 Å². The van der Waals surface area contributed by atoms with E-state index in [1.54, 1.807) is 0 Å². The van der Waals surface area contributed by atoms with Gasteiger partial charge in [0.15, 0.2) is 0 Å². The minimum Gasteiger partial charge on any atom is -0.391 e. The molecular weight excluding hydrogens is 354 g/mol. The zero-order chi connectivity index (χ0) is 20.4. The average molecular weight is 396 g/mol. The molecule has 0 unspecified atom stereocenters. The van der Waals surface area contributed by atoms with Gasteiger partial charge in [0.1, 0.15) is 12.1 Å². The standard InChI is InChI=1S/C22H41N3O3/c1-17(21(26)28-22(27)20(24)13-8-14-23)25(15-18-9-4-2-5-10-18)16-19-11-6-3-7-12-19/h17-20H,2-16,23-24H2,1H3/t17-,20+/m0/s1. The lowest BCUT2D eigenvalue weighted by Gasteiger charge is -2.36. The van der Waals surface area contributed by atoms with Gasteiger partial charge in [-0.05, 0) is 63.8 Å². The largest absolute Gasteiger partial charge is 0.391 e. The molecule has 2 atom stereocenters. The van der Waals surface area contributed by atoms with Gasteiger partial charge in [-0.2, -0.15) is 0 Å². The molecule has 6 heteroatoms. The van der Waals surface area contributed by atoms with E-state index >= 15 is 0 Å². The van der Waals surface area contributed by atoms with E-state index in [1.807, 2.05) is 6.92 Å². The second-order valence-electron chi connectivity index (χ2n) is 8.92. The summed E-state index contributed by atoms with van der Waals surface area (Å²) in [6, 6.07) is -1.18. The summed E-state index contributed by atoms with van der Waals surface area (Å²) in [5.74, 6) is 0.214. The molecule has 28 heavy (non-hydrogen) atoms. The minimum absolute atomic E-state index is 0.408. The number of esters is 2. The zero-order valence-electron chi connectivity index (χ0n) is 17.7. The number of carbonyl (C=O) groups excluding carboxylic acids is 2. The number of nitrogens with zero attached hydrogens (tertiary/aromatic N) is 1. The highest BCUT2D eigenvalue weighted by atomic mass is 16.6. The lowest BCUT2D eigenvalue weighted by molar-refractivity contribution is -0.164. The predicted molar refractivity (Wildman–Crippen MR) is 112 cm³/mol. The molecule has 0 radical (unpaired) electrons. The Morgan fingerprint density at radius 1 is 0.929 bits per heavy atom. The van der Waals surface area contributed by atoms with Crippen molar-refractivity contribution in [1.29, 1.82) is 0 Å². The van der Waals surface area contributed by atoms with E-state index in [2.05, 4.69) is 4.90 Å². The van der Waals surface area contributed by atoms with Gasteiger partial charge >= 0.3 is 11.9 Å². The van der Waals surface area contributed by atoms with Crippen molar-refractivity contribution in [2.45, 2.75) is 96.1 Å². The summed E-state index contributed by atoms with van der Waals surface area (Å²) in [5.41, 5.74) is 11.3. The summed E-state index contributed by atoms with van der Waals surface area (Å²) in [5, 5.41) is 0. The number of rotatable bonds is 10. The summed E-state index contributed by atoms with van der Waals surface area (Å²) in [7, 11) is 0. The molecule has 6 nitrogen and oxygen atoms in total. The quantitative estimate of drug-likeness (QED) is 0.436. The van der Waals surface area contributed by atoms with E-state index in [9.17, 15) is 9.59 Å². The van der Waals surface area contributed by atoms with E-state index in [4.69, 9.17) is 16.2 Å². The van der Waals surface area contributed by atoms with Crippen LogP contribution in [0.1, 0.15) is 84.0 Å². The zero-order valence-corrected chi connectivity index (χ0v) is 17.7. The molecular formula is C22H41N3O3. The van der Waals surface area contributed by atoms with Gasteiger partial charge in [0, 0.05) is 13.1 Å². The summed E-state index contributed by atoms with van der Waals surface area (Å²) < 4.78 is 5.14. The smallest absolute Gasteiger partial charge is 0.330 e. The Morgan fingerprint density at radius 3 is 1.89 bits per heavy atom. The Balaban J connectivity index is 1.94. The summed E-state index contributed by atoms with van der Waals surface area (Å²) in [6.45, 7) is 4.22. The van der Waals surface area contributed by atoms with Gasteiger partial charge in [-0.15, -0.1) is 0 Å². The molecule has 0 heterocycles. The fourth-order valence-electron chi connectivity index (χ4n) is 4.66. The van der Waals surface area contributed by atoms with Crippen molar-refractivity contribution in [3.63, 3.8) is 0 Å². The van der Waals surface area contributed by atoms with Gasteiger partial charge < -0.3 is 16.2 Å². The number of nitrogens with two attached hydrogens (primary N) is 2. The molecule has 2 fully saturated rings. The second kappa shape index (κ2) is 12.6. The van der Waals surface area contributed by atoms with E-state index in [1.165, 1.54) is 64.2 Å². The minimum atomic E-state index is -0.773. The van der Waals surface area contributed by atoms with Gasteiger partial charge in [-0.25, -0.2) is 9.59 Å². The van der Waals surface area contributed by atoms with Crippen LogP contribution >= 0.6 is 0 Å². The molecule has 2 rings (SSSR count). The van der Waals surface area contributed by atoms with Crippen LogP contribution in [-0.4, -0.2) is 48.6 Å². The molecule has 0 aromatic rings. The van der Waals surface area contributed by atoms with Crippen LogP contribution in [0.25, 0.3) is 0 Å². The second-order valence-corrected chi connectivity index (χ2v) is 8.92. The number of hydrogen-bond donors (Lipinski definition) is 2. The molecule has 0 aromatic carbocycles. The fourth-order valence-corrected chi connectivity index (χ4v) is 4.66. The molecule has 0 amide bonds. The molecule has 4 N–H and O–H groups in total. The molecule has 0 saturated heterocycles. The summed E-state index contributed by atoms with van der Waals surface area (Å²) in [4.78, 5) is 27.1. The average Bonchev–Trinajstić information content (AvgIpc) is 2.72. The van der Waals surface area contributed by atoms with E-state index in [-0.39, 0.29) is 0 Å². The maximum atomic E-state index is 12.7. The third-order valence-electron chi connectivity index (χ3n) is 6.55. The normalized spacial score (nSPS) is 21.4. The third kappa shape index (κ3) is 7.80. The molecule has 162 valence electrons. The topological polar surface area (TPSA) is 98.6 Å². The SMILES string of the molecule is C[C@@H](C(=O)OC(=O)[C@H](N)CCCN)N(CC1CCCCC1)CC1CCCCC1. The van der Waals surface area contributed by atoms with Gasteiger partial charge in [0.25, 0.3) is 0 Å². The highest BCUT2D eigenvalue weighted by molar-refractivity contribution is 5.90.